The first-order chi connectivity index (χ1) is 8.79. The maximum Gasteiger partial charge on any atom is 0.104 e. The topological polar surface area (TPSA) is 20.2 Å². The van der Waals surface area contributed by atoms with Gasteiger partial charge >= 0.3 is 0 Å². The third kappa shape index (κ3) is 7.08. The van der Waals surface area contributed by atoms with Gasteiger partial charge in [0.05, 0.1) is 0 Å². The number of allylic oxidation sites excluding steroid dienone is 2. The molecule has 1 nitrogen and oxygen atoms in total. The van der Waals surface area contributed by atoms with Crippen LogP contribution in [0.1, 0.15) is 53.2 Å². The number of hydrogen-bond donors (Lipinski definition) is 1. The molecule has 0 aliphatic rings. The molecule has 0 saturated carbocycles. The van der Waals surface area contributed by atoms with Crippen LogP contribution >= 0.6 is 0 Å². The standard InChI is InChI=1S/C13H16O.2C2H6/c1-3-8-11(4-2)13(14)12-9-6-5-7-10-12;2*1-2/h3-10,13-14H,1-2H3;2*1-2H3/b8-3-,11-4+;;. The molecule has 0 aliphatic carbocycles. The third-order valence-corrected chi connectivity index (χ3v) is 2.12. The molecule has 102 valence electrons. The molecule has 0 amide bonds. The molecule has 0 aromatic heterocycles. The van der Waals surface area contributed by atoms with E-state index < -0.39 is 6.10 Å². The third-order valence-electron chi connectivity index (χ3n) is 2.12. The molecule has 0 heterocycles. The van der Waals surface area contributed by atoms with Gasteiger partial charge in [-0.2, -0.15) is 0 Å². The molecule has 18 heavy (non-hydrogen) atoms. The van der Waals surface area contributed by atoms with Gasteiger partial charge in [0.15, 0.2) is 0 Å². The highest BCUT2D eigenvalue weighted by Crippen LogP contribution is 2.21. The number of hydrogen-bond acceptors (Lipinski definition) is 1. The lowest BCUT2D eigenvalue weighted by atomic mass is 10.0. The van der Waals surface area contributed by atoms with Gasteiger partial charge in [-0.15, -0.1) is 0 Å². The molecule has 1 aromatic carbocycles. The van der Waals surface area contributed by atoms with Gasteiger partial charge in [-0.1, -0.05) is 76.3 Å². The molecule has 1 unspecified atom stereocenters. The van der Waals surface area contributed by atoms with E-state index in [0.29, 0.717) is 0 Å². The Labute approximate surface area is 113 Å². The second-order valence-corrected chi connectivity index (χ2v) is 3.10. The van der Waals surface area contributed by atoms with Crippen LogP contribution in [0.3, 0.4) is 0 Å². The minimum atomic E-state index is -0.516. The molecule has 0 fully saturated rings. The van der Waals surface area contributed by atoms with Crippen LogP contribution in [-0.4, -0.2) is 5.11 Å². The number of rotatable bonds is 3. The Hall–Kier alpha value is -1.34. The van der Waals surface area contributed by atoms with Crippen molar-refractivity contribution >= 4 is 0 Å². The van der Waals surface area contributed by atoms with Crippen LogP contribution in [0.25, 0.3) is 0 Å². The van der Waals surface area contributed by atoms with E-state index in [1.807, 2.05) is 90.1 Å². The van der Waals surface area contributed by atoms with Crippen LogP contribution in [-0.2, 0) is 0 Å². The number of benzene rings is 1. The zero-order valence-electron chi connectivity index (χ0n) is 12.6. The summed E-state index contributed by atoms with van der Waals surface area (Å²) in [5.74, 6) is 0. The van der Waals surface area contributed by atoms with Gasteiger partial charge in [-0.3, -0.25) is 0 Å². The van der Waals surface area contributed by atoms with Crippen LogP contribution in [0, 0.1) is 0 Å². The van der Waals surface area contributed by atoms with E-state index in [-0.39, 0.29) is 0 Å². The predicted octanol–water partition coefficient (Wildman–Crippen LogP) is 5.29. The molecule has 1 heteroatoms. The molecule has 0 aliphatic heterocycles. The first-order valence-corrected chi connectivity index (χ1v) is 6.81. The normalized spacial score (nSPS) is 12.1. The summed E-state index contributed by atoms with van der Waals surface area (Å²) in [7, 11) is 0. The van der Waals surface area contributed by atoms with Gasteiger partial charge in [-0.25, -0.2) is 0 Å². The van der Waals surface area contributed by atoms with Gasteiger partial charge in [-0.05, 0) is 25.0 Å². The summed E-state index contributed by atoms with van der Waals surface area (Å²) >= 11 is 0. The summed E-state index contributed by atoms with van der Waals surface area (Å²) in [6.07, 6.45) is 5.27. The van der Waals surface area contributed by atoms with E-state index in [2.05, 4.69) is 0 Å². The van der Waals surface area contributed by atoms with Crippen LogP contribution in [0.15, 0.2) is 54.1 Å². The summed E-state index contributed by atoms with van der Waals surface area (Å²) in [4.78, 5) is 0. The minimum absolute atomic E-state index is 0.516. The fraction of sp³-hybridized carbons (Fsp3) is 0.412. The SMILES string of the molecule is C/C=C\C(=C/C)C(O)c1ccccc1.CC.CC. The van der Waals surface area contributed by atoms with Crippen molar-refractivity contribution in [3.05, 3.63) is 59.7 Å². The Balaban J connectivity index is 0. The highest BCUT2D eigenvalue weighted by atomic mass is 16.3. The van der Waals surface area contributed by atoms with E-state index >= 15 is 0 Å². The van der Waals surface area contributed by atoms with Crippen LogP contribution in [0.2, 0.25) is 0 Å². The molecular weight excluding hydrogens is 220 g/mol. The lowest BCUT2D eigenvalue weighted by molar-refractivity contribution is 0.219. The summed E-state index contributed by atoms with van der Waals surface area (Å²) in [5.41, 5.74) is 1.86. The van der Waals surface area contributed by atoms with Crippen molar-refractivity contribution in [1.82, 2.24) is 0 Å². The smallest absolute Gasteiger partial charge is 0.104 e. The number of aliphatic hydroxyl groups is 1. The zero-order chi connectivity index (χ0) is 14.4. The summed E-state index contributed by atoms with van der Waals surface area (Å²) < 4.78 is 0. The molecule has 1 aromatic rings. The largest absolute Gasteiger partial charge is 0.384 e. The Morgan fingerprint density at radius 1 is 1.00 bits per heavy atom. The molecule has 0 radical (unpaired) electrons. The highest BCUT2D eigenvalue weighted by molar-refractivity contribution is 5.31. The van der Waals surface area contributed by atoms with Crippen LogP contribution in [0.4, 0.5) is 0 Å². The Kier molecular flexibility index (Phi) is 14.5. The summed E-state index contributed by atoms with van der Waals surface area (Å²) in [5, 5.41) is 9.99. The first kappa shape index (κ1) is 19.0. The number of aliphatic hydroxyl groups excluding tert-OH is 1. The Morgan fingerprint density at radius 2 is 1.50 bits per heavy atom. The lowest BCUT2D eigenvalue weighted by Crippen LogP contribution is -1.98. The molecule has 0 bridgehead atoms. The fourth-order valence-electron chi connectivity index (χ4n) is 1.37. The van der Waals surface area contributed by atoms with Crippen molar-refractivity contribution in [3.8, 4) is 0 Å². The maximum atomic E-state index is 9.99. The van der Waals surface area contributed by atoms with Crippen LogP contribution in [0.5, 0.6) is 0 Å². The van der Waals surface area contributed by atoms with Crippen LogP contribution < -0.4 is 0 Å². The minimum Gasteiger partial charge on any atom is -0.384 e. The monoisotopic (exact) mass is 248 g/mol. The maximum absolute atomic E-state index is 9.99. The molecule has 1 N–H and O–H groups in total. The van der Waals surface area contributed by atoms with E-state index in [9.17, 15) is 5.11 Å². The molecule has 0 spiro atoms. The van der Waals surface area contributed by atoms with Gasteiger partial charge in [0, 0.05) is 0 Å². The molecule has 0 saturated heterocycles. The van der Waals surface area contributed by atoms with Crippen molar-refractivity contribution in [3.63, 3.8) is 0 Å². The van der Waals surface area contributed by atoms with Gasteiger partial charge < -0.3 is 5.11 Å². The average molecular weight is 248 g/mol. The van der Waals surface area contributed by atoms with Crippen molar-refractivity contribution < 1.29 is 5.11 Å². The van der Waals surface area contributed by atoms with E-state index in [1.54, 1.807) is 0 Å². The second kappa shape index (κ2) is 13.7. The van der Waals surface area contributed by atoms with E-state index in [1.165, 1.54) is 0 Å². The molecule has 1 rings (SSSR count). The molecular formula is C17H28O. The second-order valence-electron chi connectivity index (χ2n) is 3.10. The van der Waals surface area contributed by atoms with Crippen molar-refractivity contribution in [2.24, 2.45) is 0 Å². The highest BCUT2D eigenvalue weighted by Gasteiger charge is 2.08. The zero-order valence-corrected chi connectivity index (χ0v) is 12.6. The Bertz CT molecular complexity index is 323. The first-order valence-electron chi connectivity index (χ1n) is 6.81. The van der Waals surface area contributed by atoms with Gasteiger partial charge in [0.25, 0.3) is 0 Å². The van der Waals surface area contributed by atoms with Crippen molar-refractivity contribution in [2.75, 3.05) is 0 Å². The summed E-state index contributed by atoms with van der Waals surface area (Å²) in [6.45, 7) is 11.9. The fourth-order valence-corrected chi connectivity index (χ4v) is 1.37. The lowest BCUT2D eigenvalue weighted by Gasteiger charge is -2.11. The van der Waals surface area contributed by atoms with E-state index in [0.717, 1.165) is 11.1 Å². The predicted molar refractivity (Wildman–Crippen MR) is 82.7 cm³/mol. The molecule has 1 atom stereocenters. The van der Waals surface area contributed by atoms with E-state index in [4.69, 9.17) is 0 Å². The average Bonchev–Trinajstić information content (AvgIpc) is 2.49. The summed E-state index contributed by atoms with van der Waals surface area (Å²) in [6, 6.07) is 9.67. The quantitative estimate of drug-likeness (QED) is 0.720. The van der Waals surface area contributed by atoms with Gasteiger partial charge in [0.1, 0.15) is 6.10 Å². The van der Waals surface area contributed by atoms with Crippen molar-refractivity contribution in [2.45, 2.75) is 47.6 Å². The van der Waals surface area contributed by atoms with Gasteiger partial charge in [0.2, 0.25) is 0 Å². The van der Waals surface area contributed by atoms with Crippen molar-refractivity contribution in [1.29, 1.82) is 0 Å². The Morgan fingerprint density at radius 3 is 1.89 bits per heavy atom.